The van der Waals surface area contributed by atoms with Gasteiger partial charge in [0, 0.05) is 17.7 Å². The third-order valence-electron chi connectivity index (χ3n) is 6.09. The summed E-state index contributed by atoms with van der Waals surface area (Å²) in [7, 11) is 0. The molecule has 0 bridgehead atoms. The summed E-state index contributed by atoms with van der Waals surface area (Å²) < 4.78 is 49.5. The molecule has 0 fully saturated rings. The van der Waals surface area contributed by atoms with Gasteiger partial charge in [0.15, 0.2) is 11.6 Å². The zero-order valence-electron chi connectivity index (χ0n) is 19.2. The first-order valence-electron chi connectivity index (χ1n) is 11.5. The molecule has 1 atom stereocenters. The molecule has 0 heterocycles. The van der Waals surface area contributed by atoms with Crippen molar-refractivity contribution < 1.29 is 17.9 Å². The van der Waals surface area contributed by atoms with Crippen molar-refractivity contribution in [2.24, 2.45) is 0 Å². The molecule has 34 heavy (non-hydrogen) atoms. The third-order valence-corrected chi connectivity index (χ3v) is 6.09. The second-order valence-corrected chi connectivity index (χ2v) is 8.29. The number of hydrogen-bond donors (Lipinski definition) is 0. The minimum Gasteiger partial charge on any atom is -0.374 e. The Morgan fingerprint density at radius 1 is 0.882 bits per heavy atom. The van der Waals surface area contributed by atoms with Crippen LogP contribution in [0.25, 0.3) is 22.8 Å². The molecule has 0 N–H and O–H groups in total. The Kier molecular flexibility index (Phi) is 7.49. The molecule has 0 aliphatic heterocycles. The highest BCUT2D eigenvalue weighted by atomic mass is 19.2. The molecule has 174 valence electrons. The highest BCUT2D eigenvalue weighted by molar-refractivity contribution is 5.78. The Hall–Kier alpha value is -3.37. The lowest BCUT2D eigenvalue weighted by Crippen LogP contribution is -2.12. The minimum atomic E-state index is -0.837. The van der Waals surface area contributed by atoms with Gasteiger partial charge in [-0.3, -0.25) is 0 Å². The number of allylic oxidation sites excluding steroid dienone is 2. The molecule has 3 aromatic carbocycles. The molecule has 1 nitrogen and oxygen atoms in total. The van der Waals surface area contributed by atoms with Gasteiger partial charge in [-0.15, -0.1) is 0 Å². The first-order valence-corrected chi connectivity index (χ1v) is 11.5. The fourth-order valence-electron chi connectivity index (χ4n) is 4.17. The molecule has 1 unspecified atom stereocenters. The summed E-state index contributed by atoms with van der Waals surface area (Å²) in [6.45, 7) is 6.14. The second-order valence-electron chi connectivity index (χ2n) is 8.29. The summed E-state index contributed by atoms with van der Waals surface area (Å²) in [5.74, 6) is -1.93. The zero-order chi connectivity index (χ0) is 24.1. The lowest BCUT2D eigenvalue weighted by atomic mass is 9.95. The molecule has 0 saturated heterocycles. The Bertz CT molecular complexity index is 1220. The number of benzene rings is 3. The lowest BCUT2D eigenvalue weighted by Gasteiger charge is -2.18. The van der Waals surface area contributed by atoms with Crippen molar-refractivity contribution >= 4 is 11.6 Å². The molecule has 4 heteroatoms. The van der Waals surface area contributed by atoms with E-state index >= 15 is 0 Å². The van der Waals surface area contributed by atoms with E-state index in [0.717, 1.165) is 16.7 Å². The fraction of sp³-hybridized carbons (Fsp3) is 0.200. The summed E-state index contributed by atoms with van der Waals surface area (Å²) >= 11 is 0. The first kappa shape index (κ1) is 23.8. The molecule has 0 spiro atoms. The van der Waals surface area contributed by atoms with Crippen LogP contribution in [0.4, 0.5) is 13.2 Å². The molecular formula is C30H27F3O. The van der Waals surface area contributed by atoms with Gasteiger partial charge in [-0.1, -0.05) is 79.4 Å². The van der Waals surface area contributed by atoms with Crippen LogP contribution in [0.15, 0.2) is 85.2 Å². The van der Waals surface area contributed by atoms with E-state index in [9.17, 15) is 13.2 Å². The van der Waals surface area contributed by atoms with Gasteiger partial charge in [0.25, 0.3) is 0 Å². The summed E-state index contributed by atoms with van der Waals surface area (Å²) in [6, 6.07) is 18.0. The van der Waals surface area contributed by atoms with Crippen molar-refractivity contribution in [2.45, 2.75) is 32.3 Å². The quantitative estimate of drug-likeness (QED) is 0.330. The van der Waals surface area contributed by atoms with Gasteiger partial charge in [-0.05, 0) is 60.1 Å². The highest BCUT2D eigenvalue weighted by Gasteiger charge is 2.18. The second kappa shape index (κ2) is 10.7. The van der Waals surface area contributed by atoms with E-state index in [2.05, 4.69) is 6.58 Å². The van der Waals surface area contributed by atoms with Crippen molar-refractivity contribution in [1.82, 2.24) is 0 Å². The van der Waals surface area contributed by atoms with Crippen molar-refractivity contribution in [3.05, 3.63) is 119 Å². The largest absolute Gasteiger partial charge is 0.374 e. The van der Waals surface area contributed by atoms with E-state index in [4.69, 9.17) is 4.74 Å². The molecular weight excluding hydrogens is 433 g/mol. The number of halogens is 3. The number of ether oxygens (including phenoxy) is 1. The van der Waals surface area contributed by atoms with Gasteiger partial charge >= 0.3 is 0 Å². The first-order chi connectivity index (χ1) is 16.5. The zero-order valence-corrected chi connectivity index (χ0v) is 19.2. The van der Waals surface area contributed by atoms with Gasteiger partial charge in [0.1, 0.15) is 5.83 Å². The van der Waals surface area contributed by atoms with Crippen LogP contribution < -0.4 is 0 Å². The van der Waals surface area contributed by atoms with Crippen LogP contribution >= 0.6 is 0 Å². The molecule has 3 aromatic rings. The predicted molar refractivity (Wildman–Crippen MR) is 133 cm³/mol. The predicted octanol–water partition coefficient (Wildman–Crippen LogP) is 8.11. The van der Waals surface area contributed by atoms with Gasteiger partial charge in [0.2, 0.25) is 0 Å². The fourth-order valence-corrected chi connectivity index (χ4v) is 4.17. The van der Waals surface area contributed by atoms with Crippen LogP contribution in [0.3, 0.4) is 0 Å². The maximum atomic E-state index is 14.8. The Balaban J connectivity index is 1.43. The topological polar surface area (TPSA) is 9.23 Å². The smallest absolute Gasteiger partial charge is 0.166 e. The number of rotatable bonds is 8. The molecule has 0 radical (unpaired) electrons. The summed E-state index contributed by atoms with van der Waals surface area (Å²) in [5.41, 5.74) is 4.43. The lowest BCUT2D eigenvalue weighted by molar-refractivity contribution is 0.0964. The van der Waals surface area contributed by atoms with Crippen molar-refractivity contribution in [1.29, 1.82) is 0 Å². The van der Waals surface area contributed by atoms with E-state index < -0.39 is 11.6 Å². The summed E-state index contributed by atoms with van der Waals surface area (Å²) in [4.78, 5) is 0. The Morgan fingerprint density at radius 3 is 2.24 bits per heavy atom. The van der Waals surface area contributed by atoms with Crippen LogP contribution in [-0.4, -0.2) is 12.7 Å². The van der Waals surface area contributed by atoms with Crippen LogP contribution in [0, 0.1) is 11.6 Å². The van der Waals surface area contributed by atoms with Gasteiger partial charge in [-0.25, -0.2) is 13.2 Å². The molecule has 0 saturated carbocycles. The Labute approximate surface area is 198 Å². The molecule has 1 aliphatic carbocycles. The Morgan fingerprint density at radius 2 is 1.59 bits per heavy atom. The van der Waals surface area contributed by atoms with E-state index in [1.165, 1.54) is 6.08 Å². The molecule has 0 aromatic heterocycles. The van der Waals surface area contributed by atoms with Gasteiger partial charge in [-0.2, -0.15) is 0 Å². The highest BCUT2D eigenvalue weighted by Crippen LogP contribution is 2.31. The van der Waals surface area contributed by atoms with Crippen LogP contribution in [-0.2, 0) is 17.6 Å². The average Bonchev–Trinajstić information content (AvgIpc) is 2.86. The van der Waals surface area contributed by atoms with Crippen molar-refractivity contribution in [2.75, 3.05) is 6.61 Å². The van der Waals surface area contributed by atoms with E-state index in [1.54, 1.807) is 30.3 Å². The van der Waals surface area contributed by atoms with Gasteiger partial charge in [0.05, 0.1) is 6.10 Å². The monoisotopic (exact) mass is 460 g/mol. The van der Waals surface area contributed by atoms with Gasteiger partial charge < -0.3 is 4.74 Å². The SMILES string of the molecule is C=Cc1ccc(-c2ccc(CCc3ccc(C4=CCC(OCC)C=C4F)cc3)c(F)c2F)cc1. The normalized spacial score (nSPS) is 15.6. The van der Waals surface area contributed by atoms with Crippen molar-refractivity contribution in [3.8, 4) is 11.1 Å². The third kappa shape index (κ3) is 5.23. The maximum absolute atomic E-state index is 14.8. The van der Waals surface area contributed by atoms with Crippen LogP contribution in [0.5, 0.6) is 0 Å². The van der Waals surface area contributed by atoms with E-state index in [1.807, 2.05) is 49.4 Å². The van der Waals surface area contributed by atoms with E-state index in [-0.39, 0.29) is 17.5 Å². The summed E-state index contributed by atoms with van der Waals surface area (Å²) in [6.07, 6.45) is 6.40. The maximum Gasteiger partial charge on any atom is 0.166 e. The van der Waals surface area contributed by atoms with Crippen LogP contribution in [0.2, 0.25) is 0 Å². The number of aryl methyl sites for hydroxylation is 2. The molecule has 0 amide bonds. The summed E-state index contributed by atoms with van der Waals surface area (Å²) in [5, 5.41) is 0. The average molecular weight is 461 g/mol. The van der Waals surface area contributed by atoms with Crippen molar-refractivity contribution in [3.63, 3.8) is 0 Å². The minimum absolute atomic E-state index is 0.221. The molecule has 1 aliphatic rings. The molecule has 4 rings (SSSR count). The van der Waals surface area contributed by atoms with Crippen LogP contribution in [0.1, 0.15) is 35.6 Å². The number of hydrogen-bond acceptors (Lipinski definition) is 1. The van der Waals surface area contributed by atoms with E-state index in [0.29, 0.717) is 42.6 Å². The standard InChI is InChI=1S/C30H27F3O/c1-3-20-5-10-23(11-6-20)27-17-15-24(29(32)30(27)33)14-9-21-7-12-22(13-8-21)26-18-16-25(34-4-2)19-28(26)31/h3,5-8,10-13,15,17-19,25H,1,4,9,14,16H2,2H3.